The molecule has 0 aromatic heterocycles. The van der Waals surface area contributed by atoms with Crippen molar-refractivity contribution in [3.05, 3.63) is 41.1 Å². The molecule has 1 aromatic carbocycles. The number of benzene rings is 1. The Labute approximate surface area is 120 Å². The van der Waals surface area contributed by atoms with Crippen molar-refractivity contribution >= 4 is 5.97 Å². The zero-order valence-corrected chi connectivity index (χ0v) is 12.6. The van der Waals surface area contributed by atoms with Gasteiger partial charge in [-0.3, -0.25) is 4.79 Å². The van der Waals surface area contributed by atoms with Crippen LogP contribution in [0.15, 0.2) is 30.3 Å². The van der Waals surface area contributed by atoms with Gasteiger partial charge in [0.1, 0.15) is 0 Å². The number of nitrogens with zero attached hydrogens (tertiary/aromatic N) is 1. The molecule has 0 spiro atoms. The highest BCUT2D eigenvalue weighted by Crippen LogP contribution is 2.52. The monoisotopic (exact) mass is 276 g/mol. The molecule has 2 atom stereocenters. The molecule has 1 aromatic rings. The summed E-state index contributed by atoms with van der Waals surface area (Å²) >= 11 is 0. The fourth-order valence-electron chi connectivity index (χ4n) is 3.39. The first-order chi connectivity index (χ1) is 9.34. The molecule has 0 bridgehead atoms. The number of carbonyl (C=O) groups is 1. The average Bonchev–Trinajstić information content (AvgIpc) is 2.57. The second kappa shape index (κ2) is 5.19. The summed E-state index contributed by atoms with van der Waals surface area (Å²) in [5, 5.41) is 13.6. The molecule has 4 nitrogen and oxygen atoms in total. The van der Waals surface area contributed by atoms with Gasteiger partial charge >= 0.3 is 5.97 Å². The third-order valence-electron chi connectivity index (χ3n) is 4.29. The molecular weight excluding hydrogens is 254 g/mol. The van der Waals surface area contributed by atoms with Gasteiger partial charge in [0, 0.05) is 5.54 Å². The molecule has 0 aliphatic carbocycles. The summed E-state index contributed by atoms with van der Waals surface area (Å²) in [5.41, 5.74) is -0.436. The summed E-state index contributed by atoms with van der Waals surface area (Å²) in [5.74, 6) is -0.767. The van der Waals surface area contributed by atoms with Crippen LogP contribution in [-0.4, -0.2) is 24.2 Å². The van der Waals surface area contributed by atoms with Gasteiger partial charge in [-0.25, -0.2) is 0 Å². The van der Waals surface area contributed by atoms with Crippen molar-refractivity contribution in [2.24, 2.45) is 11.3 Å². The molecule has 1 fully saturated rings. The van der Waals surface area contributed by atoms with E-state index in [1.807, 2.05) is 51.1 Å². The number of hydroxylamine groups is 2. The number of hydrogen-bond acceptors (Lipinski definition) is 4. The van der Waals surface area contributed by atoms with E-state index in [1.165, 1.54) is 0 Å². The Morgan fingerprint density at radius 2 is 1.95 bits per heavy atom. The third-order valence-corrected chi connectivity index (χ3v) is 4.29. The predicted octanol–water partition coefficient (Wildman–Crippen LogP) is 2.92. The summed E-state index contributed by atoms with van der Waals surface area (Å²) in [4.78, 5) is 12.4. The lowest BCUT2D eigenvalue weighted by Crippen LogP contribution is -2.44. The maximum atomic E-state index is 12.5. The van der Waals surface area contributed by atoms with E-state index < -0.39 is 16.9 Å². The number of ether oxygens (including phenoxy) is 1. The van der Waals surface area contributed by atoms with Crippen LogP contribution in [0.25, 0.3) is 0 Å². The first-order valence-corrected chi connectivity index (χ1v) is 7.01. The van der Waals surface area contributed by atoms with E-state index in [2.05, 4.69) is 0 Å². The lowest BCUT2D eigenvalue weighted by atomic mass is 9.70. The molecule has 0 amide bonds. The van der Waals surface area contributed by atoms with Crippen LogP contribution in [0.1, 0.15) is 33.3 Å². The maximum Gasteiger partial charge on any atom is 0.311 e. The highest BCUT2D eigenvalue weighted by Gasteiger charge is 2.56. The van der Waals surface area contributed by atoms with Crippen molar-refractivity contribution in [3.8, 4) is 0 Å². The predicted molar refractivity (Wildman–Crippen MR) is 77.8 cm³/mol. The molecular formula is C16H22NO3-. The number of esters is 1. The topological polar surface area (TPSA) is 52.6 Å². The SMILES string of the molecule is CCOC(=O)C1C(C)(C)CN([O-])C1(C)c1ccccc1. The van der Waals surface area contributed by atoms with Crippen LogP contribution in [0, 0.1) is 16.5 Å². The van der Waals surface area contributed by atoms with Crippen LogP contribution in [0.4, 0.5) is 0 Å². The lowest BCUT2D eigenvalue weighted by molar-refractivity contribution is -0.154. The Kier molecular flexibility index (Phi) is 3.89. The van der Waals surface area contributed by atoms with E-state index in [1.54, 1.807) is 6.92 Å². The van der Waals surface area contributed by atoms with E-state index in [-0.39, 0.29) is 5.97 Å². The Hall–Kier alpha value is -1.39. The third kappa shape index (κ3) is 2.23. The lowest BCUT2D eigenvalue weighted by Gasteiger charge is -2.43. The van der Waals surface area contributed by atoms with Gasteiger partial charge in [0.25, 0.3) is 0 Å². The van der Waals surface area contributed by atoms with Gasteiger partial charge in [-0.2, -0.15) is 0 Å². The minimum Gasteiger partial charge on any atom is -0.784 e. The van der Waals surface area contributed by atoms with Crippen molar-refractivity contribution < 1.29 is 9.53 Å². The van der Waals surface area contributed by atoms with Gasteiger partial charge in [-0.05, 0) is 31.4 Å². The number of hydrogen-bond donors (Lipinski definition) is 0. The molecule has 1 aliphatic heterocycles. The van der Waals surface area contributed by atoms with Crippen LogP contribution < -0.4 is 0 Å². The molecule has 1 heterocycles. The summed E-state index contributed by atoms with van der Waals surface area (Å²) in [6.45, 7) is 8.18. The molecule has 1 saturated heterocycles. The summed E-state index contributed by atoms with van der Waals surface area (Å²) < 4.78 is 5.22. The van der Waals surface area contributed by atoms with Gasteiger partial charge < -0.3 is 15.0 Å². The zero-order valence-electron chi connectivity index (χ0n) is 12.6. The van der Waals surface area contributed by atoms with E-state index in [9.17, 15) is 10.0 Å². The normalized spacial score (nSPS) is 29.4. The molecule has 2 rings (SSSR count). The van der Waals surface area contributed by atoms with Gasteiger partial charge in [0.2, 0.25) is 0 Å². The minimum atomic E-state index is -0.878. The molecule has 110 valence electrons. The summed E-state index contributed by atoms with van der Waals surface area (Å²) in [7, 11) is 0. The highest BCUT2D eigenvalue weighted by molar-refractivity contribution is 5.76. The Balaban J connectivity index is 2.50. The molecule has 0 saturated carbocycles. The van der Waals surface area contributed by atoms with E-state index in [4.69, 9.17) is 4.74 Å². The molecule has 2 unspecified atom stereocenters. The minimum absolute atomic E-state index is 0.290. The summed E-state index contributed by atoms with van der Waals surface area (Å²) in [6.07, 6.45) is 0. The number of carbonyl (C=O) groups excluding carboxylic acids is 1. The van der Waals surface area contributed by atoms with Crippen LogP contribution in [-0.2, 0) is 15.1 Å². The highest BCUT2D eigenvalue weighted by atomic mass is 16.5. The largest absolute Gasteiger partial charge is 0.784 e. The van der Waals surface area contributed by atoms with Crippen molar-refractivity contribution in [1.82, 2.24) is 5.06 Å². The van der Waals surface area contributed by atoms with Gasteiger partial charge in [-0.15, -0.1) is 0 Å². The van der Waals surface area contributed by atoms with Crippen molar-refractivity contribution in [2.45, 2.75) is 33.2 Å². The molecule has 0 radical (unpaired) electrons. The first-order valence-electron chi connectivity index (χ1n) is 7.01. The van der Waals surface area contributed by atoms with Gasteiger partial charge in [0.15, 0.2) is 0 Å². The summed E-state index contributed by atoms with van der Waals surface area (Å²) in [6, 6.07) is 9.49. The smallest absolute Gasteiger partial charge is 0.311 e. The molecule has 1 aliphatic rings. The fraction of sp³-hybridized carbons (Fsp3) is 0.562. The van der Waals surface area contributed by atoms with Crippen molar-refractivity contribution in [2.75, 3.05) is 13.2 Å². The fourth-order valence-corrected chi connectivity index (χ4v) is 3.39. The number of rotatable bonds is 3. The molecule has 0 N–H and O–H groups in total. The Bertz CT molecular complexity index is 486. The van der Waals surface area contributed by atoms with Gasteiger partial charge in [0.05, 0.1) is 12.5 Å². The maximum absolute atomic E-state index is 12.5. The van der Waals surface area contributed by atoms with Crippen molar-refractivity contribution in [1.29, 1.82) is 0 Å². The van der Waals surface area contributed by atoms with Crippen LogP contribution in [0.3, 0.4) is 0 Å². The van der Waals surface area contributed by atoms with E-state index >= 15 is 0 Å². The van der Waals surface area contributed by atoms with Crippen molar-refractivity contribution in [3.63, 3.8) is 0 Å². The second-order valence-corrected chi connectivity index (χ2v) is 6.22. The molecule has 4 heteroatoms. The van der Waals surface area contributed by atoms with Crippen LogP contribution >= 0.6 is 0 Å². The van der Waals surface area contributed by atoms with E-state index in [0.29, 0.717) is 13.2 Å². The molecule has 20 heavy (non-hydrogen) atoms. The quantitative estimate of drug-likeness (QED) is 0.796. The van der Waals surface area contributed by atoms with Crippen LogP contribution in [0.5, 0.6) is 0 Å². The Morgan fingerprint density at radius 3 is 2.50 bits per heavy atom. The standard InChI is InChI=1S/C16H22NO3/c1-5-20-14(18)13-15(2,3)11-17(19)16(13,4)12-9-7-6-8-10-12/h6-10,13H,5,11H2,1-4H3/q-1. The zero-order chi connectivity index (χ0) is 15.0. The van der Waals surface area contributed by atoms with Crippen LogP contribution in [0.2, 0.25) is 0 Å². The second-order valence-electron chi connectivity index (χ2n) is 6.22. The average molecular weight is 276 g/mol. The Morgan fingerprint density at radius 1 is 1.35 bits per heavy atom. The van der Waals surface area contributed by atoms with Gasteiger partial charge in [-0.1, -0.05) is 44.2 Å². The first kappa shape index (κ1) is 15.0. The van der Waals surface area contributed by atoms with E-state index in [0.717, 1.165) is 10.6 Å².